The molecule has 81 valence electrons. The Morgan fingerprint density at radius 2 is 2.00 bits per heavy atom. The fourth-order valence-electron chi connectivity index (χ4n) is 1.38. The molecule has 1 aromatic carbocycles. The van der Waals surface area contributed by atoms with Crippen LogP contribution in [0.4, 0.5) is 5.69 Å². The summed E-state index contributed by atoms with van der Waals surface area (Å²) in [5.41, 5.74) is 2.87. The molecule has 0 saturated carbocycles. The van der Waals surface area contributed by atoms with Crippen LogP contribution in [0.1, 0.15) is 12.5 Å². The lowest BCUT2D eigenvalue weighted by Gasteiger charge is -1.94. The average Bonchev–Trinajstić information content (AvgIpc) is 2.26. The molecule has 0 atom stereocenters. The van der Waals surface area contributed by atoms with Gasteiger partial charge in [-0.2, -0.15) is 0 Å². The number of hydrogen-bond acceptors (Lipinski definition) is 2. The summed E-state index contributed by atoms with van der Waals surface area (Å²) in [6.07, 6.45) is 7.16. The number of ketones is 1. The number of hydrogen-bond donors (Lipinski definition) is 0. The quantitative estimate of drug-likeness (QED) is 0.619. The van der Waals surface area contributed by atoms with Gasteiger partial charge in [-0.15, -0.1) is 0 Å². The van der Waals surface area contributed by atoms with Crippen LogP contribution < -0.4 is 17.4 Å². The molecule has 0 aromatic heterocycles. The second-order valence-corrected chi connectivity index (χ2v) is 3.37. The van der Waals surface area contributed by atoms with E-state index in [1.807, 2.05) is 36.4 Å². The predicted octanol–water partition coefficient (Wildman–Crippen LogP) is -0.729. The molecular weight excluding hydrogens is 222 g/mol. The van der Waals surface area contributed by atoms with E-state index < -0.39 is 0 Å². The maximum absolute atomic E-state index is 10.8. The molecule has 16 heavy (non-hydrogen) atoms. The minimum absolute atomic E-state index is 0. The Balaban J connectivity index is 0.00000128. The van der Waals surface area contributed by atoms with Gasteiger partial charge in [-0.25, -0.2) is 0 Å². The molecule has 0 spiro atoms. The zero-order valence-electron chi connectivity index (χ0n) is 8.85. The molecule has 0 fully saturated rings. The predicted molar refractivity (Wildman–Crippen MR) is 62.1 cm³/mol. The largest absolute Gasteiger partial charge is 1.00 e. The van der Waals surface area contributed by atoms with Crippen LogP contribution in [-0.2, 0) is 4.79 Å². The minimum Gasteiger partial charge on any atom is -1.00 e. The topological polar surface area (TPSA) is 31.2 Å². The van der Waals surface area contributed by atoms with Gasteiger partial charge < -0.3 is 12.4 Å². The van der Waals surface area contributed by atoms with E-state index in [9.17, 15) is 4.79 Å². The van der Waals surface area contributed by atoms with Crippen LogP contribution in [-0.4, -0.2) is 11.5 Å². The number of benzene rings is 1. The number of allylic oxidation sites excluding steroid dienone is 3. The first-order chi connectivity index (χ1) is 7.25. The number of carbonyl (C=O) groups is 1. The van der Waals surface area contributed by atoms with Crippen molar-refractivity contribution in [3.8, 4) is 0 Å². The summed E-state index contributed by atoms with van der Waals surface area (Å²) in [7, 11) is 0. The first-order valence-electron chi connectivity index (χ1n) is 4.80. The van der Waals surface area contributed by atoms with Crippen LogP contribution in [0.3, 0.4) is 0 Å². The lowest BCUT2D eigenvalue weighted by molar-refractivity contribution is -0.112. The smallest absolute Gasteiger partial charge is 0.285 e. The molecule has 3 heteroatoms. The molecule has 1 heterocycles. The summed E-state index contributed by atoms with van der Waals surface area (Å²) in [6, 6.07) is 7.91. The third kappa shape index (κ3) is 2.91. The van der Waals surface area contributed by atoms with Gasteiger partial charge in [0.25, 0.3) is 11.4 Å². The molecule has 1 aromatic rings. The molecule has 1 radical (unpaired) electrons. The van der Waals surface area contributed by atoms with Crippen LogP contribution in [0.15, 0.2) is 42.5 Å². The maximum Gasteiger partial charge on any atom is 0.285 e. The number of nitrogens with zero attached hydrogens (tertiary/aromatic N) is 1. The molecule has 0 N–H and O–H groups in total. The van der Waals surface area contributed by atoms with Crippen LogP contribution in [0.2, 0.25) is 0 Å². The zero-order valence-corrected chi connectivity index (χ0v) is 9.61. The first-order valence-corrected chi connectivity index (χ1v) is 4.80. The van der Waals surface area contributed by atoms with Crippen molar-refractivity contribution in [3.63, 3.8) is 0 Å². The summed E-state index contributed by atoms with van der Waals surface area (Å²) in [5, 5.41) is 0. The Kier molecular flexibility index (Phi) is 4.20. The van der Waals surface area contributed by atoms with Gasteiger partial charge in [0.2, 0.25) is 0 Å². The van der Waals surface area contributed by atoms with Gasteiger partial charge in [-0.3, -0.25) is 4.79 Å². The summed E-state index contributed by atoms with van der Waals surface area (Å²) in [6.45, 7) is 1.53. The van der Waals surface area contributed by atoms with Crippen molar-refractivity contribution in [2.75, 3.05) is 0 Å². The third-order valence-corrected chi connectivity index (χ3v) is 2.11. The molecule has 2 nitrogen and oxygen atoms in total. The van der Waals surface area contributed by atoms with E-state index in [-0.39, 0.29) is 18.2 Å². The summed E-state index contributed by atoms with van der Waals surface area (Å²) in [5.74, 6) is 0.0324. The lowest BCUT2D eigenvalue weighted by atomic mass is 10.1. The fraction of sp³-hybridized carbons (Fsp3) is 0.0769. The zero-order chi connectivity index (χ0) is 10.7. The van der Waals surface area contributed by atoms with Crippen molar-refractivity contribution in [2.24, 2.45) is 0 Å². The number of halogens is 1. The molecule has 0 bridgehead atoms. The van der Waals surface area contributed by atoms with Crippen LogP contribution in [0.25, 0.3) is 6.08 Å². The number of carbonyl (C=O) groups excluding carboxylic acids is 1. The number of rotatable bonds is 2. The van der Waals surface area contributed by atoms with Crippen LogP contribution in [0.5, 0.6) is 0 Å². The highest BCUT2D eigenvalue weighted by Crippen LogP contribution is 2.18. The second-order valence-electron chi connectivity index (χ2n) is 3.37. The Morgan fingerprint density at radius 1 is 1.25 bits per heavy atom. The van der Waals surface area contributed by atoms with Crippen molar-refractivity contribution < 1.29 is 17.2 Å². The molecule has 0 unspecified atom stereocenters. The highest BCUT2D eigenvalue weighted by molar-refractivity contribution is 6.11. The highest BCUT2D eigenvalue weighted by atomic mass is 35.5. The first kappa shape index (κ1) is 12.4. The van der Waals surface area contributed by atoms with Gasteiger partial charge in [-0.1, -0.05) is 12.1 Å². The highest BCUT2D eigenvalue weighted by Gasteiger charge is 2.15. The normalized spacial score (nSPS) is 12.9. The Morgan fingerprint density at radius 3 is 2.75 bits per heavy atom. The van der Waals surface area contributed by atoms with Gasteiger partial charge in [0.15, 0.2) is 5.78 Å². The Bertz CT molecular complexity index is 486. The monoisotopic (exact) mass is 232 g/mol. The molecule has 0 aliphatic carbocycles. The second kappa shape index (κ2) is 5.42. The van der Waals surface area contributed by atoms with E-state index in [1.165, 1.54) is 13.0 Å². The SMILES string of the molecule is CC(=O)C=CC1=[N+]c2ccccc2C=C1.[Cl-]. The van der Waals surface area contributed by atoms with Gasteiger partial charge in [0.1, 0.15) is 0 Å². The van der Waals surface area contributed by atoms with Gasteiger partial charge in [0.05, 0.1) is 10.6 Å². The Labute approximate surface area is 101 Å². The van der Waals surface area contributed by atoms with E-state index in [2.05, 4.69) is 4.99 Å². The summed E-state index contributed by atoms with van der Waals surface area (Å²) < 4.78 is 0. The van der Waals surface area contributed by atoms with Crippen molar-refractivity contribution in [3.05, 3.63) is 48.1 Å². The molecular formula is C13H11ClNO. The van der Waals surface area contributed by atoms with E-state index in [4.69, 9.17) is 0 Å². The van der Waals surface area contributed by atoms with E-state index in [0.717, 1.165) is 17.0 Å². The summed E-state index contributed by atoms with van der Waals surface area (Å²) in [4.78, 5) is 15.2. The molecule has 1 aliphatic heterocycles. The summed E-state index contributed by atoms with van der Waals surface area (Å²) >= 11 is 0. The maximum atomic E-state index is 10.8. The van der Waals surface area contributed by atoms with Gasteiger partial charge >= 0.3 is 0 Å². The van der Waals surface area contributed by atoms with Crippen molar-refractivity contribution in [1.82, 2.24) is 4.99 Å². The third-order valence-electron chi connectivity index (χ3n) is 2.11. The van der Waals surface area contributed by atoms with Crippen LogP contribution in [0, 0.1) is 0 Å². The van der Waals surface area contributed by atoms with Crippen LogP contribution >= 0.6 is 0 Å². The molecule has 0 saturated heterocycles. The van der Waals surface area contributed by atoms with Crippen molar-refractivity contribution in [1.29, 1.82) is 0 Å². The standard InChI is InChI=1S/C13H11NO.ClH/c1-10(15)6-8-12-9-7-11-4-2-3-5-13(11)14-12;/h2-9H,1H3;1H/q+1;/p-1. The van der Waals surface area contributed by atoms with Gasteiger partial charge in [-0.05, 0) is 25.1 Å². The average molecular weight is 233 g/mol. The Hall–Kier alpha value is -1.67. The van der Waals surface area contributed by atoms with Crippen molar-refractivity contribution >= 4 is 23.3 Å². The molecule has 0 amide bonds. The number of para-hydroxylation sites is 1. The number of fused-ring (bicyclic) bond motifs is 1. The van der Waals surface area contributed by atoms with Crippen molar-refractivity contribution in [2.45, 2.75) is 6.92 Å². The molecule has 2 rings (SSSR count). The van der Waals surface area contributed by atoms with E-state index in [1.54, 1.807) is 6.08 Å². The minimum atomic E-state index is 0. The fourth-order valence-corrected chi connectivity index (χ4v) is 1.38. The number of aliphatic imine (C=N–C) groups is 1. The lowest BCUT2D eigenvalue weighted by Crippen LogP contribution is -3.00. The van der Waals surface area contributed by atoms with E-state index >= 15 is 0 Å². The van der Waals surface area contributed by atoms with E-state index in [0.29, 0.717) is 0 Å². The van der Waals surface area contributed by atoms with Gasteiger partial charge in [0, 0.05) is 18.2 Å². The molecule has 1 aliphatic rings.